The van der Waals surface area contributed by atoms with Gasteiger partial charge in [-0.2, -0.15) is 0 Å². The van der Waals surface area contributed by atoms with Crippen molar-refractivity contribution in [2.75, 3.05) is 6.61 Å². The number of aliphatic hydroxyl groups excluding tert-OH is 1. The number of benzene rings is 1. The largest absolute Gasteiger partial charge is 0.396 e. The lowest BCUT2D eigenvalue weighted by Gasteiger charge is -2.08. The number of hydrogen-bond acceptors (Lipinski definition) is 1. The van der Waals surface area contributed by atoms with Gasteiger partial charge in [-0.05, 0) is 11.6 Å². The van der Waals surface area contributed by atoms with Crippen molar-refractivity contribution >= 4 is 0 Å². The molecule has 1 nitrogen and oxygen atoms in total. The van der Waals surface area contributed by atoms with E-state index >= 15 is 0 Å². The van der Waals surface area contributed by atoms with Gasteiger partial charge in [-0.3, -0.25) is 0 Å². The van der Waals surface area contributed by atoms with Gasteiger partial charge in [0.2, 0.25) is 0 Å². The highest BCUT2D eigenvalue weighted by molar-refractivity contribution is 5.22. The van der Waals surface area contributed by atoms with Gasteiger partial charge >= 0.3 is 0 Å². The Morgan fingerprint density at radius 1 is 1.42 bits per heavy atom. The zero-order chi connectivity index (χ0) is 9.14. The molecule has 0 aliphatic heterocycles. The third kappa shape index (κ3) is 1.61. The quantitative estimate of drug-likeness (QED) is 0.723. The summed E-state index contributed by atoms with van der Waals surface area (Å²) in [6.45, 7) is 1.46. The molecule has 0 radical (unpaired) electrons. The molecular formula is C9H10F2O. The van der Waals surface area contributed by atoms with Gasteiger partial charge in [0.15, 0.2) is 11.6 Å². The fraction of sp³-hybridized carbons (Fsp3) is 0.333. The van der Waals surface area contributed by atoms with Crippen molar-refractivity contribution in [1.29, 1.82) is 0 Å². The van der Waals surface area contributed by atoms with Crippen LogP contribution in [-0.2, 0) is 0 Å². The first-order chi connectivity index (χ1) is 5.66. The maximum Gasteiger partial charge on any atom is 0.162 e. The maximum absolute atomic E-state index is 13.0. The average molecular weight is 172 g/mol. The molecule has 1 aromatic carbocycles. The van der Waals surface area contributed by atoms with Crippen LogP contribution in [0.4, 0.5) is 8.78 Å². The van der Waals surface area contributed by atoms with Gasteiger partial charge in [-0.25, -0.2) is 8.78 Å². The van der Waals surface area contributed by atoms with E-state index in [1.807, 2.05) is 0 Å². The minimum atomic E-state index is -0.868. The van der Waals surface area contributed by atoms with Gasteiger partial charge in [0.05, 0.1) is 0 Å². The standard InChI is InChI=1S/C9H10F2O/c1-6(5-12)7-3-2-4-8(10)9(7)11/h2-4,6,12H,5H2,1H3/t6-/m1/s1. The number of rotatable bonds is 2. The molecule has 0 bridgehead atoms. The molecular weight excluding hydrogens is 162 g/mol. The topological polar surface area (TPSA) is 20.2 Å². The molecule has 0 fully saturated rings. The van der Waals surface area contributed by atoms with Gasteiger partial charge in [-0.15, -0.1) is 0 Å². The van der Waals surface area contributed by atoms with Crippen LogP contribution in [0.15, 0.2) is 18.2 Å². The van der Waals surface area contributed by atoms with E-state index in [-0.39, 0.29) is 18.1 Å². The van der Waals surface area contributed by atoms with Crippen molar-refractivity contribution in [3.8, 4) is 0 Å². The highest BCUT2D eigenvalue weighted by atomic mass is 19.2. The van der Waals surface area contributed by atoms with Crippen LogP contribution >= 0.6 is 0 Å². The summed E-state index contributed by atoms with van der Waals surface area (Å²) < 4.78 is 25.6. The van der Waals surface area contributed by atoms with Gasteiger partial charge < -0.3 is 5.11 Å². The maximum atomic E-state index is 13.0. The van der Waals surface area contributed by atoms with Gasteiger partial charge in [-0.1, -0.05) is 19.1 Å². The molecule has 0 aliphatic rings. The van der Waals surface area contributed by atoms with Gasteiger partial charge in [0.25, 0.3) is 0 Å². The Bertz CT molecular complexity index is 273. The Kier molecular flexibility index (Phi) is 2.76. The van der Waals surface area contributed by atoms with E-state index in [1.54, 1.807) is 6.92 Å². The summed E-state index contributed by atoms with van der Waals surface area (Å²) in [5.74, 6) is -2.09. The minimum Gasteiger partial charge on any atom is -0.396 e. The summed E-state index contributed by atoms with van der Waals surface area (Å²) in [6.07, 6.45) is 0. The Balaban J connectivity index is 3.07. The van der Waals surface area contributed by atoms with E-state index < -0.39 is 11.6 Å². The summed E-state index contributed by atoms with van der Waals surface area (Å²) in [5.41, 5.74) is 0.220. The van der Waals surface area contributed by atoms with E-state index in [4.69, 9.17) is 5.11 Å². The molecule has 1 rings (SSSR count). The van der Waals surface area contributed by atoms with Crippen LogP contribution in [-0.4, -0.2) is 11.7 Å². The molecule has 66 valence electrons. The van der Waals surface area contributed by atoms with Gasteiger partial charge in [0.1, 0.15) is 0 Å². The first kappa shape index (κ1) is 9.13. The van der Waals surface area contributed by atoms with Crippen molar-refractivity contribution in [3.05, 3.63) is 35.4 Å². The molecule has 0 saturated heterocycles. The SMILES string of the molecule is C[C@H](CO)c1cccc(F)c1F. The fourth-order valence-corrected chi connectivity index (χ4v) is 0.999. The third-order valence-electron chi connectivity index (χ3n) is 1.79. The van der Waals surface area contributed by atoms with Crippen LogP contribution in [0.3, 0.4) is 0 Å². The van der Waals surface area contributed by atoms with Crippen LogP contribution in [0.1, 0.15) is 18.4 Å². The van der Waals surface area contributed by atoms with Crippen molar-refractivity contribution in [1.82, 2.24) is 0 Å². The first-order valence-corrected chi connectivity index (χ1v) is 3.71. The summed E-state index contributed by atoms with van der Waals surface area (Å²) in [6, 6.07) is 3.96. The average Bonchev–Trinajstić information content (AvgIpc) is 2.08. The summed E-state index contributed by atoms with van der Waals surface area (Å²) in [4.78, 5) is 0. The Morgan fingerprint density at radius 3 is 2.67 bits per heavy atom. The number of hydrogen-bond donors (Lipinski definition) is 1. The second-order valence-corrected chi connectivity index (χ2v) is 2.73. The van der Waals surface area contributed by atoms with Crippen molar-refractivity contribution in [2.45, 2.75) is 12.8 Å². The molecule has 0 heterocycles. The summed E-state index contributed by atoms with van der Waals surface area (Å²) in [7, 11) is 0. The van der Waals surface area contributed by atoms with Crippen LogP contribution in [0.5, 0.6) is 0 Å². The summed E-state index contributed by atoms with van der Waals surface area (Å²) in [5, 5.41) is 8.71. The van der Waals surface area contributed by atoms with Crippen LogP contribution in [0.2, 0.25) is 0 Å². The molecule has 1 aromatic rings. The predicted octanol–water partition coefficient (Wildman–Crippen LogP) is 2.06. The molecule has 0 unspecified atom stereocenters. The molecule has 0 aliphatic carbocycles. The second kappa shape index (κ2) is 3.63. The Labute approximate surface area is 69.7 Å². The first-order valence-electron chi connectivity index (χ1n) is 3.71. The monoisotopic (exact) mass is 172 g/mol. The smallest absolute Gasteiger partial charge is 0.162 e. The molecule has 1 atom stereocenters. The molecule has 0 spiro atoms. The molecule has 12 heavy (non-hydrogen) atoms. The highest BCUT2D eigenvalue weighted by Gasteiger charge is 2.12. The van der Waals surface area contributed by atoms with E-state index in [1.165, 1.54) is 12.1 Å². The molecule has 3 heteroatoms. The van der Waals surface area contributed by atoms with Crippen molar-refractivity contribution < 1.29 is 13.9 Å². The zero-order valence-electron chi connectivity index (χ0n) is 6.72. The van der Waals surface area contributed by atoms with E-state index in [0.717, 1.165) is 6.07 Å². The minimum absolute atomic E-state index is 0.180. The lowest BCUT2D eigenvalue weighted by atomic mass is 10.0. The lowest BCUT2D eigenvalue weighted by molar-refractivity contribution is 0.269. The van der Waals surface area contributed by atoms with Crippen LogP contribution < -0.4 is 0 Å². The molecule has 1 N–H and O–H groups in total. The third-order valence-corrected chi connectivity index (χ3v) is 1.79. The Hall–Kier alpha value is -0.960. The van der Waals surface area contributed by atoms with Crippen LogP contribution in [0.25, 0.3) is 0 Å². The molecule has 0 saturated carbocycles. The lowest BCUT2D eigenvalue weighted by Crippen LogP contribution is -2.03. The zero-order valence-corrected chi connectivity index (χ0v) is 6.72. The number of halogens is 2. The predicted molar refractivity (Wildman–Crippen MR) is 41.9 cm³/mol. The normalized spacial score (nSPS) is 13.0. The summed E-state index contributed by atoms with van der Waals surface area (Å²) >= 11 is 0. The van der Waals surface area contributed by atoms with Crippen molar-refractivity contribution in [3.63, 3.8) is 0 Å². The van der Waals surface area contributed by atoms with Gasteiger partial charge in [0, 0.05) is 12.5 Å². The molecule has 0 aromatic heterocycles. The van der Waals surface area contributed by atoms with E-state index in [9.17, 15) is 8.78 Å². The van der Waals surface area contributed by atoms with Crippen LogP contribution in [0, 0.1) is 11.6 Å². The highest BCUT2D eigenvalue weighted by Crippen LogP contribution is 2.19. The Morgan fingerprint density at radius 2 is 2.08 bits per heavy atom. The molecule has 0 amide bonds. The van der Waals surface area contributed by atoms with E-state index in [0.29, 0.717) is 0 Å². The fourth-order valence-electron chi connectivity index (χ4n) is 0.999. The second-order valence-electron chi connectivity index (χ2n) is 2.73. The van der Waals surface area contributed by atoms with Crippen molar-refractivity contribution in [2.24, 2.45) is 0 Å². The van der Waals surface area contributed by atoms with E-state index in [2.05, 4.69) is 0 Å². The number of aliphatic hydroxyl groups is 1.